The van der Waals surface area contributed by atoms with Crippen LogP contribution in [0.2, 0.25) is 0 Å². The molecule has 100 valence electrons. The van der Waals surface area contributed by atoms with Crippen LogP contribution in [0.25, 0.3) is 0 Å². The molecule has 1 aliphatic rings. The van der Waals surface area contributed by atoms with Gasteiger partial charge in [0.1, 0.15) is 6.10 Å². The first kappa shape index (κ1) is 13.6. The van der Waals surface area contributed by atoms with E-state index in [2.05, 4.69) is 16.6 Å². The molecule has 0 radical (unpaired) electrons. The fraction of sp³-hybridized carbons (Fsp3) is 0.400. The fourth-order valence-corrected chi connectivity index (χ4v) is 1.64. The number of methoxy groups -OCH3 is 1. The lowest BCUT2D eigenvalue weighted by Crippen LogP contribution is -2.07. The maximum Gasteiger partial charge on any atom is 0.384 e. The number of carbonyl (C=O) groups excluding carboxylic acids is 1. The summed E-state index contributed by atoms with van der Waals surface area (Å²) in [5.41, 5.74) is 1.73. The number of carbonyl (C=O) groups is 1. The van der Waals surface area contributed by atoms with E-state index in [4.69, 9.17) is 9.47 Å². The Morgan fingerprint density at radius 1 is 1.53 bits per heavy atom. The minimum absolute atomic E-state index is 0.0904. The molecule has 1 saturated heterocycles. The van der Waals surface area contributed by atoms with E-state index < -0.39 is 5.97 Å². The van der Waals surface area contributed by atoms with Gasteiger partial charge in [-0.3, -0.25) is 0 Å². The zero-order valence-corrected chi connectivity index (χ0v) is 11.0. The molecule has 19 heavy (non-hydrogen) atoms. The lowest BCUT2D eigenvalue weighted by atomic mass is 10.0. The van der Waals surface area contributed by atoms with Crippen molar-refractivity contribution in [3.05, 3.63) is 35.4 Å². The van der Waals surface area contributed by atoms with E-state index >= 15 is 0 Å². The smallest absolute Gasteiger partial charge is 0.384 e. The van der Waals surface area contributed by atoms with Crippen LogP contribution in [0.5, 0.6) is 0 Å². The van der Waals surface area contributed by atoms with Gasteiger partial charge in [0.05, 0.1) is 26.4 Å². The van der Waals surface area contributed by atoms with Gasteiger partial charge >= 0.3 is 5.97 Å². The molecule has 2 atom stereocenters. The highest BCUT2D eigenvalue weighted by molar-refractivity contribution is 5.89. The summed E-state index contributed by atoms with van der Waals surface area (Å²) >= 11 is 0. The Hall–Kier alpha value is -1.83. The van der Waals surface area contributed by atoms with Gasteiger partial charge in [-0.2, -0.15) is 0 Å². The Kier molecular flexibility index (Phi) is 4.56. The molecule has 0 spiro atoms. The van der Waals surface area contributed by atoms with Gasteiger partial charge < -0.3 is 14.2 Å². The van der Waals surface area contributed by atoms with Crippen molar-refractivity contribution in [2.75, 3.05) is 20.3 Å². The second kappa shape index (κ2) is 6.37. The van der Waals surface area contributed by atoms with Gasteiger partial charge in [-0.25, -0.2) is 4.79 Å². The van der Waals surface area contributed by atoms with Crippen molar-refractivity contribution in [1.29, 1.82) is 0 Å². The Balaban J connectivity index is 2.09. The van der Waals surface area contributed by atoms with E-state index in [1.54, 1.807) is 0 Å². The highest BCUT2D eigenvalue weighted by Gasteiger charge is 2.24. The van der Waals surface area contributed by atoms with Gasteiger partial charge in [0, 0.05) is 11.5 Å². The van der Waals surface area contributed by atoms with E-state index in [9.17, 15) is 4.79 Å². The third kappa shape index (κ3) is 4.09. The Morgan fingerprint density at radius 2 is 2.26 bits per heavy atom. The van der Waals surface area contributed by atoms with Crippen LogP contribution in [-0.4, -0.2) is 32.4 Å². The maximum absolute atomic E-state index is 11.0. The Labute approximate surface area is 112 Å². The quantitative estimate of drug-likeness (QED) is 0.469. The highest BCUT2D eigenvalue weighted by Crippen LogP contribution is 2.22. The van der Waals surface area contributed by atoms with Crippen LogP contribution in [0.4, 0.5) is 0 Å². The molecule has 0 aromatic heterocycles. The second-order valence-electron chi connectivity index (χ2n) is 4.26. The molecule has 1 unspecified atom stereocenters. The van der Waals surface area contributed by atoms with E-state index in [0.717, 1.165) is 17.7 Å². The Bertz CT molecular complexity index is 508. The standard InChI is InChI=1S/C15H16O4/c1-11(18-9-13-10-19-13)14-6-4-3-5-12(14)7-8-15(16)17-2/h3-6,11,13H,9-10H2,1-2H3/t11?,13-/m0/s1. The summed E-state index contributed by atoms with van der Waals surface area (Å²) in [4.78, 5) is 11.0. The van der Waals surface area contributed by atoms with E-state index in [1.807, 2.05) is 31.2 Å². The zero-order valence-electron chi connectivity index (χ0n) is 11.0. The number of ether oxygens (including phenoxy) is 3. The molecule has 1 fully saturated rings. The average molecular weight is 260 g/mol. The van der Waals surface area contributed by atoms with Crippen molar-refractivity contribution >= 4 is 5.97 Å². The van der Waals surface area contributed by atoms with Crippen LogP contribution in [0.3, 0.4) is 0 Å². The lowest BCUT2D eigenvalue weighted by molar-refractivity contribution is -0.133. The molecular weight excluding hydrogens is 244 g/mol. The predicted octanol–water partition coefficient (Wildman–Crippen LogP) is 1.69. The summed E-state index contributed by atoms with van der Waals surface area (Å²) in [6, 6.07) is 7.60. The largest absolute Gasteiger partial charge is 0.459 e. The number of epoxide rings is 1. The molecule has 0 aliphatic carbocycles. The molecule has 1 aliphatic heterocycles. The first-order valence-electron chi connectivity index (χ1n) is 6.13. The first-order valence-corrected chi connectivity index (χ1v) is 6.13. The van der Waals surface area contributed by atoms with E-state index in [1.165, 1.54) is 7.11 Å². The number of rotatable bonds is 4. The highest BCUT2D eigenvalue weighted by atomic mass is 16.6. The lowest BCUT2D eigenvalue weighted by Gasteiger charge is -2.14. The third-order valence-electron chi connectivity index (χ3n) is 2.82. The minimum atomic E-state index is -0.547. The van der Waals surface area contributed by atoms with E-state index in [0.29, 0.717) is 6.61 Å². The van der Waals surface area contributed by atoms with Gasteiger partial charge in [0.2, 0.25) is 0 Å². The van der Waals surface area contributed by atoms with Crippen molar-refractivity contribution in [2.45, 2.75) is 19.1 Å². The maximum atomic E-state index is 11.0. The van der Waals surface area contributed by atoms with Gasteiger partial charge in [-0.05, 0) is 18.6 Å². The summed E-state index contributed by atoms with van der Waals surface area (Å²) in [6.45, 7) is 3.32. The molecule has 1 aromatic rings. The monoisotopic (exact) mass is 260 g/mol. The third-order valence-corrected chi connectivity index (χ3v) is 2.82. The number of hydrogen-bond donors (Lipinski definition) is 0. The Morgan fingerprint density at radius 3 is 2.95 bits per heavy atom. The van der Waals surface area contributed by atoms with Gasteiger partial charge in [0.25, 0.3) is 0 Å². The summed E-state index contributed by atoms with van der Waals surface area (Å²) in [6.07, 6.45) is 0.142. The van der Waals surface area contributed by atoms with Crippen LogP contribution in [0.1, 0.15) is 24.2 Å². The van der Waals surface area contributed by atoms with E-state index in [-0.39, 0.29) is 12.2 Å². The normalized spacial score (nSPS) is 18.1. The van der Waals surface area contributed by atoms with Gasteiger partial charge in [-0.1, -0.05) is 24.1 Å². The molecule has 1 heterocycles. The molecule has 0 amide bonds. The zero-order chi connectivity index (χ0) is 13.7. The van der Waals surface area contributed by atoms with Gasteiger partial charge in [-0.15, -0.1) is 0 Å². The van der Waals surface area contributed by atoms with Crippen LogP contribution < -0.4 is 0 Å². The number of esters is 1. The predicted molar refractivity (Wildman–Crippen MR) is 69.4 cm³/mol. The number of hydrogen-bond acceptors (Lipinski definition) is 4. The minimum Gasteiger partial charge on any atom is -0.459 e. The first-order chi connectivity index (χ1) is 9.20. The molecular formula is C15H16O4. The fourth-order valence-electron chi connectivity index (χ4n) is 1.64. The molecule has 0 bridgehead atoms. The summed E-state index contributed by atoms with van der Waals surface area (Å²) in [5.74, 6) is 4.70. The molecule has 1 aromatic carbocycles. The molecule has 4 heteroatoms. The van der Waals surface area contributed by atoms with Crippen molar-refractivity contribution in [3.8, 4) is 11.8 Å². The molecule has 4 nitrogen and oxygen atoms in total. The summed E-state index contributed by atoms with van der Waals surface area (Å²) in [7, 11) is 1.31. The average Bonchev–Trinajstić information content (AvgIpc) is 3.26. The van der Waals surface area contributed by atoms with Crippen molar-refractivity contribution in [1.82, 2.24) is 0 Å². The topological polar surface area (TPSA) is 48.1 Å². The van der Waals surface area contributed by atoms with Crippen LogP contribution in [0.15, 0.2) is 24.3 Å². The van der Waals surface area contributed by atoms with Crippen molar-refractivity contribution < 1.29 is 19.0 Å². The molecule has 0 N–H and O–H groups in total. The number of benzene rings is 1. The van der Waals surface area contributed by atoms with Crippen LogP contribution >= 0.6 is 0 Å². The molecule has 2 rings (SSSR count). The van der Waals surface area contributed by atoms with Crippen molar-refractivity contribution in [2.24, 2.45) is 0 Å². The van der Waals surface area contributed by atoms with Crippen LogP contribution in [0, 0.1) is 11.8 Å². The van der Waals surface area contributed by atoms with Crippen LogP contribution in [-0.2, 0) is 19.0 Å². The van der Waals surface area contributed by atoms with Crippen molar-refractivity contribution in [3.63, 3.8) is 0 Å². The molecule has 0 saturated carbocycles. The summed E-state index contributed by atoms with van der Waals surface area (Å²) < 4.78 is 15.3. The second-order valence-corrected chi connectivity index (χ2v) is 4.26. The van der Waals surface area contributed by atoms with Gasteiger partial charge in [0.15, 0.2) is 0 Å². The SMILES string of the molecule is COC(=O)C#Cc1ccccc1C(C)OC[C@H]1CO1. The summed E-state index contributed by atoms with van der Waals surface area (Å²) in [5, 5.41) is 0.